The lowest BCUT2D eigenvalue weighted by atomic mass is 9.92. The molecule has 0 aliphatic carbocycles. The number of pyridine rings is 1. The molecule has 2 heterocycles. The first kappa shape index (κ1) is 12.7. The van der Waals surface area contributed by atoms with Crippen LogP contribution in [0.5, 0.6) is 0 Å². The Hall–Kier alpha value is -0.800. The zero-order valence-electron chi connectivity index (χ0n) is 10.5. The molecule has 1 saturated heterocycles. The van der Waals surface area contributed by atoms with Gasteiger partial charge in [0.1, 0.15) is 5.15 Å². The minimum atomic E-state index is 0.469. The number of piperidine rings is 1. The monoisotopic (exact) mass is 253 g/mol. The maximum atomic E-state index is 5.88. The van der Waals surface area contributed by atoms with Crippen LogP contribution in [0.3, 0.4) is 0 Å². The van der Waals surface area contributed by atoms with Gasteiger partial charge < -0.3 is 10.2 Å². The molecule has 1 aromatic rings. The summed E-state index contributed by atoms with van der Waals surface area (Å²) >= 11 is 5.88. The van der Waals surface area contributed by atoms with Gasteiger partial charge in [0, 0.05) is 24.5 Å². The number of likely N-dealkylation sites (tertiary alicyclic amines) is 1. The summed E-state index contributed by atoms with van der Waals surface area (Å²) in [6.45, 7) is 4.65. The van der Waals surface area contributed by atoms with E-state index in [1.54, 1.807) is 6.20 Å². The number of anilines is 1. The third-order valence-electron chi connectivity index (χ3n) is 3.49. The van der Waals surface area contributed by atoms with Gasteiger partial charge in [0.15, 0.2) is 0 Å². The average Bonchev–Trinajstić information content (AvgIpc) is 2.29. The smallest absolute Gasteiger partial charge is 0.131 e. The molecular weight excluding hydrogens is 234 g/mol. The Morgan fingerprint density at radius 2 is 2.41 bits per heavy atom. The molecule has 0 spiro atoms. The lowest BCUT2D eigenvalue weighted by molar-refractivity contribution is 0.197. The number of nitrogens with zero attached hydrogens (tertiary/aromatic N) is 2. The van der Waals surface area contributed by atoms with E-state index in [0.29, 0.717) is 17.1 Å². The molecule has 3 nitrogen and oxygen atoms in total. The molecule has 4 heteroatoms. The lowest BCUT2D eigenvalue weighted by Crippen LogP contribution is -2.39. The Kier molecular flexibility index (Phi) is 4.24. The highest BCUT2D eigenvalue weighted by Crippen LogP contribution is 2.22. The van der Waals surface area contributed by atoms with Gasteiger partial charge in [-0.1, -0.05) is 11.6 Å². The molecule has 0 bridgehead atoms. The third-order valence-corrected chi connectivity index (χ3v) is 3.70. The molecule has 1 aromatic heterocycles. The van der Waals surface area contributed by atoms with E-state index in [1.165, 1.54) is 25.9 Å². The third kappa shape index (κ3) is 3.58. The normalized spacial score (nSPS) is 23.4. The van der Waals surface area contributed by atoms with E-state index in [0.717, 1.165) is 5.69 Å². The summed E-state index contributed by atoms with van der Waals surface area (Å²) in [5.74, 6) is 0.709. The van der Waals surface area contributed by atoms with E-state index in [1.807, 2.05) is 12.1 Å². The van der Waals surface area contributed by atoms with Crippen LogP contribution in [0.1, 0.15) is 19.8 Å². The second-order valence-electron chi connectivity index (χ2n) is 4.96. The van der Waals surface area contributed by atoms with Crippen molar-refractivity contribution in [2.75, 3.05) is 25.5 Å². The van der Waals surface area contributed by atoms with Crippen LogP contribution in [0.15, 0.2) is 18.3 Å². The van der Waals surface area contributed by atoms with Crippen LogP contribution in [-0.4, -0.2) is 36.1 Å². The van der Waals surface area contributed by atoms with Crippen LogP contribution >= 0.6 is 11.6 Å². The topological polar surface area (TPSA) is 28.2 Å². The van der Waals surface area contributed by atoms with Crippen LogP contribution < -0.4 is 5.32 Å². The second kappa shape index (κ2) is 5.69. The molecule has 94 valence electrons. The van der Waals surface area contributed by atoms with Crippen molar-refractivity contribution in [2.24, 2.45) is 5.92 Å². The Bertz CT molecular complexity index is 369. The second-order valence-corrected chi connectivity index (χ2v) is 5.35. The summed E-state index contributed by atoms with van der Waals surface area (Å²) in [7, 11) is 2.20. The van der Waals surface area contributed by atoms with Gasteiger partial charge in [0.2, 0.25) is 0 Å². The molecule has 0 saturated carbocycles. The van der Waals surface area contributed by atoms with Crippen LogP contribution in [0.2, 0.25) is 5.15 Å². The number of rotatable bonds is 3. The molecule has 1 aliphatic heterocycles. The zero-order valence-corrected chi connectivity index (χ0v) is 11.2. The molecule has 0 aromatic carbocycles. The SMILES string of the molecule is CC(Nc1ccnc(Cl)c1)C1CCCN(C)C1. The maximum absolute atomic E-state index is 5.88. The molecule has 1 fully saturated rings. The molecule has 1 aliphatic rings. The number of nitrogens with one attached hydrogen (secondary N) is 1. The summed E-state index contributed by atoms with van der Waals surface area (Å²) in [5.41, 5.74) is 1.06. The van der Waals surface area contributed by atoms with E-state index in [2.05, 4.69) is 29.2 Å². The fraction of sp³-hybridized carbons (Fsp3) is 0.615. The van der Waals surface area contributed by atoms with Gasteiger partial charge in [-0.3, -0.25) is 0 Å². The quantitative estimate of drug-likeness (QED) is 0.840. The van der Waals surface area contributed by atoms with Gasteiger partial charge in [-0.15, -0.1) is 0 Å². The van der Waals surface area contributed by atoms with Gasteiger partial charge >= 0.3 is 0 Å². The van der Waals surface area contributed by atoms with E-state index < -0.39 is 0 Å². The fourth-order valence-electron chi connectivity index (χ4n) is 2.49. The number of hydrogen-bond acceptors (Lipinski definition) is 3. The van der Waals surface area contributed by atoms with Crippen molar-refractivity contribution >= 4 is 17.3 Å². The Morgan fingerprint density at radius 3 is 3.12 bits per heavy atom. The Balaban J connectivity index is 1.94. The molecule has 1 N–H and O–H groups in total. The van der Waals surface area contributed by atoms with Gasteiger partial charge in [0.25, 0.3) is 0 Å². The predicted octanol–water partition coefficient (Wildman–Crippen LogP) is 2.88. The van der Waals surface area contributed by atoms with E-state index in [4.69, 9.17) is 11.6 Å². The van der Waals surface area contributed by atoms with E-state index in [9.17, 15) is 0 Å². The van der Waals surface area contributed by atoms with Crippen molar-refractivity contribution < 1.29 is 0 Å². The van der Waals surface area contributed by atoms with Gasteiger partial charge in [0.05, 0.1) is 0 Å². The van der Waals surface area contributed by atoms with Crippen LogP contribution in [-0.2, 0) is 0 Å². The highest BCUT2D eigenvalue weighted by atomic mass is 35.5. The highest BCUT2D eigenvalue weighted by Gasteiger charge is 2.22. The summed E-state index contributed by atoms with van der Waals surface area (Å²) < 4.78 is 0. The minimum Gasteiger partial charge on any atom is -0.382 e. The Morgan fingerprint density at radius 1 is 1.59 bits per heavy atom. The molecule has 2 unspecified atom stereocenters. The standard InChI is InChI=1S/C13H20ClN3/c1-10(11-4-3-7-17(2)9-11)16-12-5-6-15-13(14)8-12/h5-6,8,10-11H,3-4,7,9H2,1-2H3,(H,15,16). The van der Waals surface area contributed by atoms with Crippen molar-refractivity contribution in [2.45, 2.75) is 25.8 Å². The predicted molar refractivity (Wildman–Crippen MR) is 72.6 cm³/mol. The maximum Gasteiger partial charge on any atom is 0.131 e. The van der Waals surface area contributed by atoms with Crippen LogP contribution in [0.4, 0.5) is 5.69 Å². The van der Waals surface area contributed by atoms with Crippen molar-refractivity contribution in [3.63, 3.8) is 0 Å². The summed E-state index contributed by atoms with van der Waals surface area (Å²) in [5, 5.41) is 4.07. The molecule has 0 radical (unpaired) electrons. The van der Waals surface area contributed by atoms with Gasteiger partial charge in [-0.25, -0.2) is 4.98 Å². The first-order valence-corrected chi connectivity index (χ1v) is 6.59. The van der Waals surface area contributed by atoms with Crippen LogP contribution in [0, 0.1) is 5.92 Å². The van der Waals surface area contributed by atoms with Crippen molar-refractivity contribution in [3.8, 4) is 0 Å². The number of hydrogen-bond donors (Lipinski definition) is 1. The minimum absolute atomic E-state index is 0.469. The molecule has 2 atom stereocenters. The van der Waals surface area contributed by atoms with Crippen molar-refractivity contribution in [1.82, 2.24) is 9.88 Å². The summed E-state index contributed by atoms with van der Waals surface area (Å²) in [6, 6.07) is 4.32. The molecule has 2 rings (SSSR count). The Labute approximate surface area is 108 Å². The largest absolute Gasteiger partial charge is 0.382 e. The lowest BCUT2D eigenvalue weighted by Gasteiger charge is -2.34. The van der Waals surface area contributed by atoms with E-state index >= 15 is 0 Å². The molecule has 17 heavy (non-hydrogen) atoms. The average molecular weight is 254 g/mol. The first-order valence-electron chi connectivity index (χ1n) is 6.22. The number of halogens is 1. The highest BCUT2D eigenvalue weighted by molar-refractivity contribution is 6.29. The summed E-state index contributed by atoms with van der Waals surface area (Å²) in [4.78, 5) is 6.40. The van der Waals surface area contributed by atoms with Crippen LogP contribution in [0.25, 0.3) is 0 Å². The fourth-order valence-corrected chi connectivity index (χ4v) is 2.66. The van der Waals surface area contributed by atoms with Gasteiger partial charge in [-0.05, 0) is 51.4 Å². The summed E-state index contributed by atoms with van der Waals surface area (Å²) in [6.07, 6.45) is 4.34. The number of aromatic nitrogens is 1. The first-order chi connectivity index (χ1) is 8.15. The zero-order chi connectivity index (χ0) is 12.3. The van der Waals surface area contributed by atoms with Crippen molar-refractivity contribution in [3.05, 3.63) is 23.5 Å². The molecular formula is C13H20ClN3. The van der Waals surface area contributed by atoms with E-state index in [-0.39, 0.29) is 0 Å². The molecule has 0 amide bonds. The van der Waals surface area contributed by atoms with Gasteiger partial charge in [-0.2, -0.15) is 0 Å². The van der Waals surface area contributed by atoms with Crippen molar-refractivity contribution in [1.29, 1.82) is 0 Å².